The van der Waals surface area contributed by atoms with Crippen molar-refractivity contribution in [2.24, 2.45) is 0 Å². The molecule has 3 N–H and O–H groups in total. The van der Waals surface area contributed by atoms with E-state index in [0.717, 1.165) is 25.0 Å². The maximum absolute atomic E-state index is 12.0. The third kappa shape index (κ3) is 4.76. The molecule has 0 unspecified atom stereocenters. The lowest BCUT2D eigenvalue weighted by Crippen LogP contribution is -2.25. The number of carbonyl (C=O) groups excluding carboxylic acids is 1. The summed E-state index contributed by atoms with van der Waals surface area (Å²) in [6.45, 7) is 0.609. The average molecular weight is 304 g/mol. The average Bonchev–Trinajstić information content (AvgIpc) is 2.50. The van der Waals surface area contributed by atoms with E-state index in [1.165, 1.54) is 0 Å². The van der Waals surface area contributed by atoms with Crippen LogP contribution in [-0.2, 0) is 6.42 Å². The number of anilines is 1. The Morgan fingerprint density at radius 3 is 2.86 bits per heavy atom. The van der Waals surface area contributed by atoms with Crippen LogP contribution in [0.3, 0.4) is 0 Å². The van der Waals surface area contributed by atoms with Gasteiger partial charge in [-0.15, -0.1) is 0 Å². The van der Waals surface area contributed by atoms with Crippen molar-refractivity contribution in [1.82, 2.24) is 10.3 Å². The summed E-state index contributed by atoms with van der Waals surface area (Å²) in [6.07, 6.45) is 4.57. The number of aryl methyl sites for hydroxylation is 1. The molecule has 110 valence electrons. The van der Waals surface area contributed by atoms with Gasteiger partial charge in [-0.3, -0.25) is 9.78 Å². The van der Waals surface area contributed by atoms with Crippen LogP contribution in [0.2, 0.25) is 5.02 Å². The lowest BCUT2D eigenvalue weighted by atomic mass is 10.1. The topological polar surface area (TPSA) is 68.0 Å². The lowest BCUT2D eigenvalue weighted by Gasteiger charge is -2.08. The van der Waals surface area contributed by atoms with E-state index in [2.05, 4.69) is 10.3 Å². The molecule has 0 atom stereocenters. The van der Waals surface area contributed by atoms with E-state index in [0.29, 0.717) is 22.8 Å². The zero-order valence-electron chi connectivity index (χ0n) is 11.7. The fraction of sp³-hybridized carbons (Fsp3) is 0.250. The van der Waals surface area contributed by atoms with E-state index in [-0.39, 0.29) is 5.91 Å². The Kier molecular flexibility index (Phi) is 5.58. The molecule has 0 bridgehead atoms. The number of nitrogen functional groups attached to an aromatic ring is 1. The number of unbranched alkanes of at least 4 members (excludes halogenated alkanes) is 1. The molecule has 1 aromatic carbocycles. The van der Waals surface area contributed by atoms with Crippen molar-refractivity contribution in [1.29, 1.82) is 0 Å². The number of nitrogens with two attached hydrogens (primary N) is 1. The number of aromatic nitrogens is 1. The first kappa shape index (κ1) is 15.3. The SMILES string of the molecule is Nc1ccc(Cl)cc1C(=O)NCCCCc1ccccn1. The standard InChI is InChI=1S/C16H18ClN3O/c17-12-7-8-15(18)14(11-12)16(21)20-10-4-2-6-13-5-1-3-9-19-13/h1,3,5,7-9,11H,2,4,6,10,18H2,(H,20,21). The molecule has 1 heterocycles. The first-order chi connectivity index (χ1) is 10.2. The molecule has 0 radical (unpaired) electrons. The molecule has 0 aliphatic carbocycles. The number of rotatable bonds is 6. The third-order valence-electron chi connectivity index (χ3n) is 3.13. The molecule has 1 amide bonds. The van der Waals surface area contributed by atoms with E-state index >= 15 is 0 Å². The lowest BCUT2D eigenvalue weighted by molar-refractivity contribution is 0.0954. The van der Waals surface area contributed by atoms with Crippen molar-refractivity contribution in [2.45, 2.75) is 19.3 Å². The number of benzene rings is 1. The number of hydrogen-bond donors (Lipinski definition) is 2. The molecule has 0 saturated heterocycles. The van der Waals surface area contributed by atoms with Crippen LogP contribution in [0.4, 0.5) is 5.69 Å². The molecule has 5 heteroatoms. The van der Waals surface area contributed by atoms with Crippen molar-refractivity contribution in [3.8, 4) is 0 Å². The van der Waals surface area contributed by atoms with Crippen LogP contribution in [0, 0.1) is 0 Å². The van der Waals surface area contributed by atoms with E-state index in [9.17, 15) is 4.79 Å². The predicted molar refractivity (Wildman–Crippen MR) is 85.4 cm³/mol. The number of nitrogens with zero attached hydrogens (tertiary/aromatic N) is 1. The van der Waals surface area contributed by atoms with Crippen LogP contribution in [0.1, 0.15) is 28.9 Å². The van der Waals surface area contributed by atoms with Gasteiger partial charge in [0, 0.05) is 29.1 Å². The van der Waals surface area contributed by atoms with Crippen LogP contribution in [0.25, 0.3) is 0 Å². The van der Waals surface area contributed by atoms with Crippen LogP contribution in [-0.4, -0.2) is 17.4 Å². The number of halogens is 1. The minimum atomic E-state index is -0.187. The third-order valence-corrected chi connectivity index (χ3v) is 3.37. The molecule has 0 aliphatic rings. The molecule has 4 nitrogen and oxygen atoms in total. The maximum atomic E-state index is 12.0. The van der Waals surface area contributed by atoms with Gasteiger partial charge in [0.2, 0.25) is 0 Å². The minimum Gasteiger partial charge on any atom is -0.398 e. The number of nitrogens with one attached hydrogen (secondary N) is 1. The van der Waals surface area contributed by atoms with Gasteiger partial charge in [-0.2, -0.15) is 0 Å². The van der Waals surface area contributed by atoms with Gasteiger partial charge in [0.25, 0.3) is 5.91 Å². The summed E-state index contributed by atoms with van der Waals surface area (Å²) < 4.78 is 0. The maximum Gasteiger partial charge on any atom is 0.253 e. The van der Waals surface area contributed by atoms with E-state index < -0.39 is 0 Å². The molecular weight excluding hydrogens is 286 g/mol. The zero-order chi connectivity index (χ0) is 15.1. The summed E-state index contributed by atoms with van der Waals surface area (Å²) in [4.78, 5) is 16.3. The summed E-state index contributed by atoms with van der Waals surface area (Å²) in [7, 11) is 0. The van der Waals surface area contributed by atoms with Crippen molar-refractivity contribution < 1.29 is 4.79 Å². The number of pyridine rings is 1. The smallest absolute Gasteiger partial charge is 0.253 e. The Balaban J connectivity index is 1.73. The largest absolute Gasteiger partial charge is 0.398 e. The van der Waals surface area contributed by atoms with Crippen LogP contribution in [0.15, 0.2) is 42.6 Å². The van der Waals surface area contributed by atoms with Gasteiger partial charge in [-0.25, -0.2) is 0 Å². The summed E-state index contributed by atoms with van der Waals surface area (Å²) in [5, 5.41) is 3.36. The number of hydrogen-bond acceptors (Lipinski definition) is 3. The molecule has 21 heavy (non-hydrogen) atoms. The van der Waals surface area contributed by atoms with Crippen LogP contribution < -0.4 is 11.1 Å². The molecule has 2 aromatic rings. The fourth-order valence-corrected chi connectivity index (χ4v) is 2.17. The summed E-state index contributed by atoms with van der Waals surface area (Å²) in [5.41, 5.74) is 7.70. The summed E-state index contributed by atoms with van der Waals surface area (Å²) >= 11 is 5.87. The molecule has 1 aromatic heterocycles. The van der Waals surface area contributed by atoms with E-state index in [1.54, 1.807) is 24.4 Å². The van der Waals surface area contributed by atoms with Crippen LogP contribution in [0.5, 0.6) is 0 Å². The second-order valence-electron chi connectivity index (χ2n) is 4.77. The van der Waals surface area contributed by atoms with Gasteiger partial charge in [-0.1, -0.05) is 17.7 Å². The highest BCUT2D eigenvalue weighted by atomic mass is 35.5. The van der Waals surface area contributed by atoms with Gasteiger partial charge in [0.1, 0.15) is 0 Å². The van der Waals surface area contributed by atoms with Crippen molar-refractivity contribution in [3.05, 3.63) is 58.9 Å². The Hall–Kier alpha value is -2.07. The first-order valence-corrected chi connectivity index (χ1v) is 7.28. The second-order valence-corrected chi connectivity index (χ2v) is 5.20. The van der Waals surface area contributed by atoms with Crippen LogP contribution >= 0.6 is 11.6 Å². The Morgan fingerprint density at radius 1 is 1.24 bits per heavy atom. The van der Waals surface area contributed by atoms with E-state index in [1.807, 2.05) is 18.2 Å². The molecular formula is C16H18ClN3O. The Morgan fingerprint density at radius 2 is 2.10 bits per heavy atom. The van der Waals surface area contributed by atoms with Gasteiger partial charge < -0.3 is 11.1 Å². The highest BCUT2D eigenvalue weighted by molar-refractivity contribution is 6.31. The first-order valence-electron chi connectivity index (χ1n) is 6.90. The van der Waals surface area contributed by atoms with Gasteiger partial charge in [0.15, 0.2) is 0 Å². The van der Waals surface area contributed by atoms with Gasteiger partial charge >= 0.3 is 0 Å². The minimum absolute atomic E-state index is 0.187. The van der Waals surface area contributed by atoms with Crippen molar-refractivity contribution in [3.63, 3.8) is 0 Å². The van der Waals surface area contributed by atoms with E-state index in [4.69, 9.17) is 17.3 Å². The highest BCUT2D eigenvalue weighted by Crippen LogP contribution is 2.17. The van der Waals surface area contributed by atoms with Crippen molar-refractivity contribution in [2.75, 3.05) is 12.3 Å². The number of amides is 1. The predicted octanol–water partition coefficient (Wildman–Crippen LogP) is 3.07. The van der Waals surface area contributed by atoms with Gasteiger partial charge in [-0.05, 0) is 49.6 Å². The normalized spacial score (nSPS) is 10.3. The van der Waals surface area contributed by atoms with Gasteiger partial charge in [0.05, 0.1) is 5.56 Å². The molecule has 0 aliphatic heterocycles. The zero-order valence-corrected chi connectivity index (χ0v) is 12.4. The Labute approximate surface area is 129 Å². The van der Waals surface area contributed by atoms with Crippen molar-refractivity contribution >= 4 is 23.2 Å². The quantitative estimate of drug-likeness (QED) is 0.636. The highest BCUT2D eigenvalue weighted by Gasteiger charge is 2.09. The monoisotopic (exact) mass is 303 g/mol. The molecule has 0 fully saturated rings. The second kappa shape index (κ2) is 7.64. The molecule has 0 saturated carbocycles. The number of carbonyl (C=O) groups is 1. The molecule has 2 rings (SSSR count). The fourth-order valence-electron chi connectivity index (χ4n) is 2.00. The summed E-state index contributed by atoms with van der Waals surface area (Å²) in [6, 6.07) is 10.8. The molecule has 0 spiro atoms. The Bertz CT molecular complexity index is 602. The summed E-state index contributed by atoms with van der Waals surface area (Å²) in [5.74, 6) is -0.187.